The highest BCUT2D eigenvalue weighted by Gasteiger charge is 2.22. The Kier molecular flexibility index (Phi) is 4.30. The summed E-state index contributed by atoms with van der Waals surface area (Å²) >= 11 is 0. The molecule has 0 bridgehead atoms. The first-order chi connectivity index (χ1) is 7.90. The van der Waals surface area contributed by atoms with E-state index in [2.05, 4.69) is 16.4 Å². The number of nitrogens with zero attached hydrogens (tertiary/aromatic N) is 2. The van der Waals surface area contributed by atoms with Crippen LogP contribution in [-0.2, 0) is 16.6 Å². The molecule has 0 radical (unpaired) electrons. The lowest BCUT2D eigenvalue weighted by Crippen LogP contribution is -2.32. The SMILES string of the molecule is C=CCC(C)NS(=O)(=O)c1cn(CC)nc1N. The average Bonchev–Trinajstić information content (AvgIpc) is 2.60. The predicted octanol–water partition coefficient (Wildman–Crippen LogP) is 0.728. The zero-order chi connectivity index (χ0) is 13.1. The van der Waals surface area contributed by atoms with Crippen LogP contribution in [0.5, 0.6) is 0 Å². The van der Waals surface area contributed by atoms with Gasteiger partial charge in [0.1, 0.15) is 4.90 Å². The number of nitrogen functional groups attached to an aromatic ring is 1. The highest BCUT2D eigenvalue weighted by Crippen LogP contribution is 2.16. The maximum atomic E-state index is 12.0. The first kappa shape index (κ1) is 13.7. The van der Waals surface area contributed by atoms with Crippen molar-refractivity contribution in [2.45, 2.75) is 37.8 Å². The Labute approximate surface area is 102 Å². The summed E-state index contributed by atoms with van der Waals surface area (Å²) in [5, 5.41) is 3.90. The minimum Gasteiger partial charge on any atom is -0.381 e. The minimum absolute atomic E-state index is 0.0187. The molecule has 6 nitrogen and oxygen atoms in total. The van der Waals surface area contributed by atoms with E-state index in [4.69, 9.17) is 5.73 Å². The van der Waals surface area contributed by atoms with Crippen molar-refractivity contribution >= 4 is 15.8 Å². The fourth-order valence-corrected chi connectivity index (χ4v) is 2.74. The molecule has 0 saturated carbocycles. The van der Waals surface area contributed by atoms with Crippen LogP contribution >= 0.6 is 0 Å². The van der Waals surface area contributed by atoms with Crippen LogP contribution < -0.4 is 10.5 Å². The summed E-state index contributed by atoms with van der Waals surface area (Å²) in [5.74, 6) is 0.0187. The molecule has 0 fully saturated rings. The zero-order valence-electron chi connectivity index (χ0n) is 10.0. The molecular formula is C10H18N4O2S. The van der Waals surface area contributed by atoms with Gasteiger partial charge in [0.2, 0.25) is 10.0 Å². The van der Waals surface area contributed by atoms with E-state index in [1.165, 1.54) is 10.9 Å². The molecule has 0 aliphatic rings. The molecule has 1 aromatic rings. The van der Waals surface area contributed by atoms with Crippen molar-refractivity contribution in [1.29, 1.82) is 0 Å². The Bertz CT molecular complexity index is 492. The monoisotopic (exact) mass is 258 g/mol. The van der Waals surface area contributed by atoms with Gasteiger partial charge in [0.05, 0.1) is 0 Å². The number of aryl methyl sites for hydroxylation is 1. The van der Waals surface area contributed by atoms with Gasteiger partial charge in [-0.3, -0.25) is 4.68 Å². The molecule has 96 valence electrons. The summed E-state index contributed by atoms with van der Waals surface area (Å²) < 4.78 is 28.0. The summed E-state index contributed by atoms with van der Waals surface area (Å²) in [7, 11) is -3.61. The van der Waals surface area contributed by atoms with Crippen LogP contribution in [0.4, 0.5) is 5.82 Å². The number of nitrogens with two attached hydrogens (primary N) is 1. The molecule has 17 heavy (non-hydrogen) atoms. The molecule has 0 saturated heterocycles. The van der Waals surface area contributed by atoms with E-state index >= 15 is 0 Å². The third-order valence-corrected chi connectivity index (χ3v) is 3.85. The van der Waals surface area contributed by atoms with Crippen molar-refractivity contribution < 1.29 is 8.42 Å². The summed E-state index contributed by atoms with van der Waals surface area (Å²) in [5.41, 5.74) is 5.58. The third kappa shape index (κ3) is 3.31. The third-order valence-electron chi connectivity index (χ3n) is 2.24. The van der Waals surface area contributed by atoms with Gasteiger partial charge in [-0.2, -0.15) is 5.10 Å². The van der Waals surface area contributed by atoms with Crippen molar-refractivity contribution in [2.24, 2.45) is 0 Å². The molecule has 0 spiro atoms. The van der Waals surface area contributed by atoms with Crippen LogP contribution in [0.15, 0.2) is 23.7 Å². The smallest absolute Gasteiger partial charge is 0.246 e. The Hall–Kier alpha value is -1.34. The molecule has 0 aliphatic carbocycles. The number of hydrogen-bond acceptors (Lipinski definition) is 4. The number of rotatable bonds is 6. The lowest BCUT2D eigenvalue weighted by molar-refractivity contribution is 0.562. The normalized spacial score (nSPS) is 13.5. The van der Waals surface area contributed by atoms with Gasteiger partial charge in [0.15, 0.2) is 5.82 Å². The largest absolute Gasteiger partial charge is 0.381 e. The van der Waals surface area contributed by atoms with Gasteiger partial charge in [-0.1, -0.05) is 6.08 Å². The van der Waals surface area contributed by atoms with Crippen LogP contribution in [0.25, 0.3) is 0 Å². The standard InChI is InChI=1S/C10H18N4O2S/c1-4-6-8(3)13-17(15,16)9-7-14(5-2)12-10(9)11/h4,7-8,13H,1,5-6H2,2-3H3,(H2,11,12). The summed E-state index contributed by atoms with van der Waals surface area (Å²) in [6.45, 7) is 7.76. The van der Waals surface area contributed by atoms with Crippen LogP contribution in [0, 0.1) is 0 Å². The molecule has 1 atom stereocenters. The number of sulfonamides is 1. The summed E-state index contributed by atoms with van der Waals surface area (Å²) in [6.07, 6.45) is 3.64. The number of anilines is 1. The van der Waals surface area contributed by atoms with E-state index in [0.717, 1.165) is 0 Å². The van der Waals surface area contributed by atoms with Crippen LogP contribution in [0.2, 0.25) is 0 Å². The second-order valence-electron chi connectivity index (χ2n) is 3.78. The molecule has 1 rings (SSSR count). The Morgan fingerprint density at radius 3 is 2.82 bits per heavy atom. The first-order valence-electron chi connectivity index (χ1n) is 5.36. The average molecular weight is 258 g/mol. The zero-order valence-corrected chi connectivity index (χ0v) is 10.9. The van der Waals surface area contributed by atoms with Gasteiger partial charge in [-0.05, 0) is 20.3 Å². The second kappa shape index (κ2) is 5.33. The van der Waals surface area contributed by atoms with E-state index < -0.39 is 10.0 Å². The number of aromatic nitrogens is 2. The fraction of sp³-hybridized carbons (Fsp3) is 0.500. The summed E-state index contributed by atoms with van der Waals surface area (Å²) in [6, 6.07) is -0.220. The minimum atomic E-state index is -3.61. The molecule has 0 aromatic carbocycles. The number of hydrogen-bond donors (Lipinski definition) is 2. The van der Waals surface area contributed by atoms with Crippen molar-refractivity contribution in [2.75, 3.05) is 5.73 Å². The van der Waals surface area contributed by atoms with E-state index in [0.29, 0.717) is 13.0 Å². The summed E-state index contributed by atoms with van der Waals surface area (Å²) in [4.78, 5) is 0.0234. The molecule has 0 aliphatic heterocycles. The maximum absolute atomic E-state index is 12.0. The Balaban J connectivity index is 2.96. The van der Waals surface area contributed by atoms with Gasteiger partial charge < -0.3 is 5.73 Å². The van der Waals surface area contributed by atoms with Gasteiger partial charge in [0.25, 0.3) is 0 Å². The van der Waals surface area contributed by atoms with E-state index in [1.54, 1.807) is 13.0 Å². The fourth-order valence-electron chi connectivity index (χ4n) is 1.41. The van der Waals surface area contributed by atoms with E-state index in [9.17, 15) is 8.42 Å². The van der Waals surface area contributed by atoms with Gasteiger partial charge in [-0.25, -0.2) is 13.1 Å². The predicted molar refractivity (Wildman–Crippen MR) is 66.9 cm³/mol. The molecule has 1 heterocycles. The molecule has 7 heteroatoms. The van der Waals surface area contributed by atoms with Crippen LogP contribution in [0.3, 0.4) is 0 Å². The topological polar surface area (TPSA) is 90.0 Å². The Morgan fingerprint density at radius 2 is 2.35 bits per heavy atom. The van der Waals surface area contributed by atoms with E-state index in [-0.39, 0.29) is 16.8 Å². The second-order valence-corrected chi connectivity index (χ2v) is 5.46. The Morgan fingerprint density at radius 1 is 1.71 bits per heavy atom. The van der Waals surface area contributed by atoms with Gasteiger partial charge in [0, 0.05) is 18.8 Å². The van der Waals surface area contributed by atoms with Gasteiger partial charge >= 0.3 is 0 Å². The molecule has 3 N–H and O–H groups in total. The highest BCUT2D eigenvalue weighted by molar-refractivity contribution is 7.89. The lowest BCUT2D eigenvalue weighted by Gasteiger charge is -2.11. The molecule has 1 aromatic heterocycles. The lowest BCUT2D eigenvalue weighted by atomic mass is 10.3. The molecular weight excluding hydrogens is 240 g/mol. The van der Waals surface area contributed by atoms with Gasteiger partial charge in [-0.15, -0.1) is 6.58 Å². The molecule has 0 amide bonds. The number of nitrogens with one attached hydrogen (secondary N) is 1. The van der Waals surface area contributed by atoms with Crippen molar-refractivity contribution in [3.8, 4) is 0 Å². The highest BCUT2D eigenvalue weighted by atomic mass is 32.2. The van der Waals surface area contributed by atoms with Crippen molar-refractivity contribution in [3.63, 3.8) is 0 Å². The first-order valence-corrected chi connectivity index (χ1v) is 6.85. The van der Waals surface area contributed by atoms with Crippen molar-refractivity contribution in [1.82, 2.24) is 14.5 Å². The van der Waals surface area contributed by atoms with Crippen molar-refractivity contribution in [3.05, 3.63) is 18.9 Å². The molecule has 1 unspecified atom stereocenters. The van der Waals surface area contributed by atoms with Crippen LogP contribution in [-0.4, -0.2) is 24.2 Å². The quantitative estimate of drug-likeness (QED) is 0.736. The van der Waals surface area contributed by atoms with E-state index in [1.807, 2.05) is 6.92 Å². The van der Waals surface area contributed by atoms with Crippen LogP contribution in [0.1, 0.15) is 20.3 Å². The maximum Gasteiger partial charge on any atom is 0.246 e.